The number of halogens is 6. The lowest BCUT2D eigenvalue weighted by molar-refractivity contribution is -0.274. The SMILES string of the molecule is O=C(NSC1CC1)c1cc(F)c(Oc2ccc(OC(F)(F)F)c(Cl)c2)cc1F. The monoisotopic (exact) mass is 439 g/mol. The van der Waals surface area contributed by atoms with E-state index in [2.05, 4.69) is 9.46 Å². The van der Waals surface area contributed by atoms with Crippen LogP contribution in [0.15, 0.2) is 30.3 Å². The van der Waals surface area contributed by atoms with Gasteiger partial charge in [-0.15, -0.1) is 13.2 Å². The Morgan fingerprint density at radius 1 is 1.11 bits per heavy atom. The number of benzene rings is 2. The molecule has 0 aliphatic heterocycles. The first-order chi connectivity index (χ1) is 13.1. The van der Waals surface area contributed by atoms with Gasteiger partial charge in [0.15, 0.2) is 11.6 Å². The van der Waals surface area contributed by atoms with Crippen LogP contribution in [0.2, 0.25) is 5.02 Å². The Hall–Kier alpha value is -2.20. The third-order valence-corrected chi connectivity index (χ3v) is 4.87. The van der Waals surface area contributed by atoms with Crippen molar-refractivity contribution >= 4 is 29.5 Å². The van der Waals surface area contributed by atoms with Gasteiger partial charge in [-0.1, -0.05) is 11.6 Å². The maximum atomic E-state index is 14.2. The highest BCUT2D eigenvalue weighted by Gasteiger charge is 2.32. The van der Waals surface area contributed by atoms with E-state index in [1.165, 1.54) is 0 Å². The largest absolute Gasteiger partial charge is 0.573 e. The van der Waals surface area contributed by atoms with Crippen molar-refractivity contribution in [1.82, 2.24) is 4.72 Å². The fourth-order valence-corrected chi connectivity index (χ4v) is 3.00. The van der Waals surface area contributed by atoms with Crippen molar-refractivity contribution in [2.75, 3.05) is 0 Å². The minimum atomic E-state index is -4.94. The molecule has 1 aliphatic rings. The Morgan fingerprint density at radius 3 is 2.43 bits per heavy atom. The molecule has 1 N–H and O–H groups in total. The van der Waals surface area contributed by atoms with Crippen LogP contribution in [0.5, 0.6) is 17.2 Å². The minimum Gasteiger partial charge on any atom is -0.454 e. The molecule has 28 heavy (non-hydrogen) atoms. The molecule has 2 aromatic carbocycles. The van der Waals surface area contributed by atoms with Crippen LogP contribution in [-0.4, -0.2) is 17.5 Å². The minimum absolute atomic E-state index is 0.153. The Labute approximate surface area is 165 Å². The summed E-state index contributed by atoms with van der Waals surface area (Å²) in [5, 5.41) is -0.155. The van der Waals surface area contributed by atoms with E-state index in [0.29, 0.717) is 12.1 Å². The summed E-state index contributed by atoms with van der Waals surface area (Å²) < 4.78 is 76.3. The maximum Gasteiger partial charge on any atom is 0.573 e. The number of rotatable bonds is 6. The summed E-state index contributed by atoms with van der Waals surface area (Å²) in [7, 11) is 0. The standard InChI is InChI=1S/C17H11ClF5NO3S/c18-11-5-8(1-4-14(11)27-17(21,22)23)26-15-7-12(19)10(6-13(15)20)16(25)24-28-9-2-3-9/h1,4-7,9H,2-3H2,(H,24,25). The summed E-state index contributed by atoms with van der Waals surface area (Å²) in [6.07, 6.45) is -3.04. The van der Waals surface area contributed by atoms with Gasteiger partial charge in [0.2, 0.25) is 0 Å². The van der Waals surface area contributed by atoms with Crippen molar-refractivity contribution in [1.29, 1.82) is 0 Å². The highest BCUT2D eigenvalue weighted by atomic mass is 35.5. The number of amides is 1. The lowest BCUT2D eigenvalue weighted by atomic mass is 10.2. The van der Waals surface area contributed by atoms with E-state index >= 15 is 0 Å². The molecule has 0 bridgehead atoms. The fourth-order valence-electron chi connectivity index (χ4n) is 2.04. The highest BCUT2D eigenvalue weighted by molar-refractivity contribution is 7.98. The molecule has 1 aliphatic carbocycles. The maximum absolute atomic E-state index is 14.2. The highest BCUT2D eigenvalue weighted by Crippen LogP contribution is 2.36. The van der Waals surface area contributed by atoms with E-state index in [1.54, 1.807) is 0 Å². The molecule has 1 fully saturated rings. The van der Waals surface area contributed by atoms with Gasteiger partial charge < -0.3 is 9.47 Å². The van der Waals surface area contributed by atoms with Crippen molar-refractivity contribution in [2.24, 2.45) is 0 Å². The number of hydrogen-bond donors (Lipinski definition) is 1. The molecule has 4 nitrogen and oxygen atoms in total. The predicted octanol–water partition coefficient (Wildman–Crippen LogP) is 5.85. The van der Waals surface area contributed by atoms with Crippen LogP contribution in [-0.2, 0) is 0 Å². The van der Waals surface area contributed by atoms with Crippen molar-refractivity contribution in [3.8, 4) is 17.2 Å². The molecule has 0 heterocycles. The van der Waals surface area contributed by atoms with Crippen molar-refractivity contribution in [2.45, 2.75) is 24.5 Å². The van der Waals surface area contributed by atoms with Crippen molar-refractivity contribution < 1.29 is 36.2 Å². The molecule has 0 unspecified atom stereocenters. The molecule has 3 rings (SSSR count). The zero-order chi connectivity index (χ0) is 20.5. The van der Waals surface area contributed by atoms with Crippen LogP contribution in [0.25, 0.3) is 0 Å². The third-order valence-electron chi connectivity index (χ3n) is 3.47. The topological polar surface area (TPSA) is 47.6 Å². The van der Waals surface area contributed by atoms with Crippen LogP contribution < -0.4 is 14.2 Å². The number of carbonyl (C=O) groups is 1. The molecule has 0 atom stereocenters. The zero-order valence-corrected chi connectivity index (χ0v) is 15.4. The smallest absolute Gasteiger partial charge is 0.454 e. The summed E-state index contributed by atoms with van der Waals surface area (Å²) in [5.74, 6) is -4.23. The first kappa shape index (κ1) is 20.5. The van der Waals surface area contributed by atoms with Gasteiger partial charge in [0, 0.05) is 17.4 Å². The van der Waals surface area contributed by atoms with E-state index in [4.69, 9.17) is 16.3 Å². The molecule has 1 amide bonds. The number of nitrogens with one attached hydrogen (secondary N) is 1. The van der Waals surface area contributed by atoms with Gasteiger partial charge in [-0.25, -0.2) is 8.78 Å². The molecular weight excluding hydrogens is 429 g/mol. The Bertz CT molecular complexity index is 905. The van der Waals surface area contributed by atoms with Gasteiger partial charge in [0.1, 0.15) is 17.3 Å². The molecule has 2 aromatic rings. The lowest BCUT2D eigenvalue weighted by Gasteiger charge is -2.13. The molecule has 150 valence electrons. The second-order valence-electron chi connectivity index (χ2n) is 5.75. The van der Waals surface area contributed by atoms with E-state index in [-0.39, 0.29) is 11.0 Å². The van der Waals surface area contributed by atoms with Gasteiger partial charge in [0.05, 0.1) is 10.6 Å². The number of carbonyl (C=O) groups excluding carboxylic acids is 1. The summed E-state index contributed by atoms with van der Waals surface area (Å²) in [6.45, 7) is 0. The average molecular weight is 440 g/mol. The predicted molar refractivity (Wildman–Crippen MR) is 92.6 cm³/mol. The molecule has 0 saturated heterocycles. The van der Waals surface area contributed by atoms with E-state index in [1.807, 2.05) is 0 Å². The first-order valence-corrected chi connectivity index (χ1v) is 9.06. The van der Waals surface area contributed by atoms with Gasteiger partial charge >= 0.3 is 6.36 Å². The third kappa shape index (κ3) is 5.41. The van der Waals surface area contributed by atoms with Gasteiger partial charge in [-0.05, 0) is 43.0 Å². The van der Waals surface area contributed by atoms with E-state index < -0.39 is 46.0 Å². The van der Waals surface area contributed by atoms with E-state index in [0.717, 1.165) is 43.0 Å². The number of hydrogen-bond acceptors (Lipinski definition) is 4. The number of alkyl halides is 3. The quantitative estimate of drug-likeness (QED) is 0.453. The molecular formula is C17H11ClF5NO3S. The van der Waals surface area contributed by atoms with E-state index in [9.17, 15) is 26.7 Å². The fraction of sp³-hybridized carbons (Fsp3) is 0.235. The van der Waals surface area contributed by atoms with Crippen LogP contribution in [0.4, 0.5) is 22.0 Å². The van der Waals surface area contributed by atoms with Crippen LogP contribution >= 0.6 is 23.5 Å². The zero-order valence-electron chi connectivity index (χ0n) is 13.8. The van der Waals surface area contributed by atoms with Crippen LogP contribution in [0.1, 0.15) is 23.2 Å². The summed E-state index contributed by atoms with van der Waals surface area (Å²) in [5.41, 5.74) is -0.495. The molecule has 0 spiro atoms. The van der Waals surface area contributed by atoms with Crippen LogP contribution in [0.3, 0.4) is 0 Å². The molecule has 0 radical (unpaired) electrons. The van der Waals surface area contributed by atoms with Crippen LogP contribution in [0, 0.1) is 11.6 Å². The molecule has 0 aromatic heterocycles. The Kier molecular flexibility index (Phi) is 5.90. The second-order valence-corrected chi connectivity index (χ2v) is 7.27. The normalized spacial score (nSPS) is 13.9. The van der Waals surface area contributed by atoms with Crippen molar-refractivity contribution in [3.63, 3.8) is 0 Å². The van der Waals surface area contributed by atoms with Crippen molar-refractivity contribution in [3.05, 3.63) is 52.6 Å². The Balaban J connectivity index is 1.74. The number of ether oxygens (including phenoxy) is 2. The van der Waals surface area contributed by atoms with Gasteiger partial charge in [0.25, 0.3) is 5.91 Å². The molecule has 1 saturated carbocycles. The summed E-state index contributed by atoms with van der Waals surface area (Å²) in [6, 6.07) is 4.21. The lowest BCUT2D eigenvalue weighted by Crippen LogP contribution is -2.18. The second kappa shape index (κ2) is 8.04. The van der Waals surface area contributed by atoms with Gasteiger partial charge in [-0.3, -0.25) is 9.52 Å². The first-order valence-electron chi connectivity index (χ1n) is 7.80. The Morgan fingerprint density at radius 2 is 1.82 bits per heavy atom. The molecule has 11 heteroatoms. The van der Waals surface area contributed by atoms with Gasteiger partial charge in [-0.2, -0.15) is 0 Å². The summed E-state index contributed by atoms with van der Waals surface area (Å²) in [4.78, 5) is 11.9. The average Bonchev–Trinajstić information content (AvgIpc) is 3.41. The summed E-state index contributed by atoms with van der Waals surface area (Å²) >= 11 is 6.82.